The number of benzene rings is 1. The zero-order valence-corrected chi connectivity index (χ0v) is 12.7. The van der Waals surface area contributed by atoms with Crippen LogP contribution in [-0.2, 0) is 11.8 Å². The zero-order valence-electron chi connectivity index (χ0n) is 12.7. The Hall–Kier alpha value is -2.30. The van der Waals surface area contributed by atoms with E-state index in [0.29, 0.717) is 18.8 Å². The van der Waals surface area contributed by atoms with Gasteiger partial charge in [0.15, 0.2) is 0 Å². The van der Waals surface area contributed by atoms with Crippen LogP contribution in [0.1, 0.15) is 13.8 Å². The van der Waals surface area contributed by atoms with Gasteiger partial charge in [0.05, 0.1) is 12.1 Å². The summed E-state index contributed by atoms with van der Waals surface area (Å²) in [5, 5.41) is 4.04. The number of fused-ring (bicyclic) bond motifs is 1. The number of pyridine rings is 1. The Kier molecular flexibility index (Phi) is 4.62. The average Bonchev–Trinajstić information content (AvgIpc) is 2.50. The molecule has 1 aromatic heterocycles. The molecule has 1 N–H and O–H groups in total. The number of rotatable bonds is 5. The van der Waals surface area contributed by atoms with Crippen molar-refractivity contribution < 1.29 is 4.79 Å². The number of aromatic nitrogens is 1. The highest BCUT2D eigenvalue weighted by Gasteiger charge is 2.11. The summed E-state index contributed by atoms with van der Waals surface area (Å²) in [6, 6.07) is 9.20. The maximum Gasteiger partial charge on any atom is 0.252 e. The van der Waals surface area contributed by atoms with Gasteiger partial charge < -0.3 is 14.8 Å². The molecule has 0 spiro atoms. The van der Waals surface area contributed by atoms with E-state index in [1.54, 1.807) is 16.5 Å². The van der Waals surface area contributed by atoms with Gasteiger partial charge in [-0.1, -0.05) is 18.2 Å². The lowest BCUT2D eigenvalue weighted by Gasteiger charge is -2.19. The third-order valence-electron chi connectivity index (χ3n) is 3.70. The number of para-hydroxylation sites is 1. The molecular weight excluding hydrogens is 266 g/mol. The van der Waals surface area contributed by atoms with Crippen LogP contribution in [-0.4, -0.2) is 35.0 Å². The van der Waals surface area contributed by atoms with Crippen LogP contribution in [0.3, 0.4) is 0 Å². The fraction of sp³-hybridized carbons (Fsp3) is 0.375. The number of nitrogens with zero attached hydrogens (tertiary/aromatic N) is 2. The number of carbonyl (C=O) groups excluding carboxylic acids is 1. The fourth-order valence-corrected chi connectivity index (χ4v) is 2.42. The lowest BCUT2D eigenvalue weighted by Crippen LogP contribution is -2.35. The zero-order chi connectivity index (χ0) is 15.4. The van der Waals surface area contributed by atoms with Gasteiger partial charge in [-0.3, -0.25) is 9.59 Å². The Labute approximate surface area is 124 Å². The summed E-state index contributed by atoms with van der Waals surface area (Å²) in [5.74, 6) is 0.0322. The van der Waals surface area contributed by atoms with Gasteiger partial charge in [-0.25, -0.2) is 0 Å². The molecule has 0 atom stereocenters. The number of amides is 1. The SMILES string of the molecule is CCN(CC)C(=O)CNc1cc(=O)n(C)c2ccccc12. The summed E-state index contributed by atoms with van der Waals surface area (Å²) in [6.45, 7) is 5.48. The predicted octanol–water partition coefficient (Wildman–Crippen LogP) is 1.82. The van der Waals surface area contributed by atoms with Crippen LogP contribution in [0.2, 0.25) is 0 Å². The van der Waals surface area contributed by atoms with Gasteiger partial charge in [-0.05, 0) is 19.9 Å². The van der Waals surface area contributed by atoms with E-state index in [9.17, 15) is 9.59 Å². The quantitative estimate of drug-likeness (QED) is 0.912. The molecule has 1 amide bonds. The highest BCUT2D eigenvalue weighted by atomic mass is 16.2. The first-order valence-corrected chi connectivity index (χ1v) is 7.18. The molecule has 2 rings (SSSR count). The molecule has 1 aromatic carbocycles. The largest absolute Gasteiger partial charge is 0.375 e. The van der Waals surface area contributed by atoms with Crippen LogP contribution in [0, 0.1) is 0 Å². The monoisotopic (exact) mass is 287 g/mol. The summed E-state index contributed by atoms with van der Waals surface area (Å²) >= 11 is 0. The minimum absolute atomic E-state index is 0.0322. The van der Waals surface area contributed by atoms with Crippen molar-refractivity contribution in [2.24, 2.45) is 7.05 Å². The van der Waals surface area contributed by atoms with E-state index in [1.165, 1.54) is 6.07 Å². The molecule has 0 aliphatic heterocycles. The van der Waals surface area contributed by atoms with E-state index in [1.807, 2.05) is 38.1 Å². The van der Waals surface area contributed by atoms with Crippen molar-refractivity contribution in [1.29, 1.82) is 0 Å². The van der Waals surface area contributed by atoms with E-state index >= 15 is 0 Å². The first-order chi connectivity index (χ1) is 10.1. The molecule has 1 heterocycles. The highest BCUT2D eigenvalue weighted by Crippen LogP contribution is 2.20. The lowest BCUT2D eigenvalue weighted by molar-refractivity contribution is -0.128. The van der Waals surface area contributed by atoms with E-state index in [2.05, 4.69) is 5.32 Å². The smallest absolute Gasteiger partial charge is 0.252 e. The highest BCUT2D eigenvalue weighted by molar-refractivity contribution is 5.93. The molecule has 5 nitrogen and oxygen atoms in total. The predicted molar refractivity (Wildman–Crippen MR) is 85.6 cm³/mol. The molecule has 0 unspecified atom stereocenters. The van der Waals surface area contributed by atoms with E-state index in [-0.39, 0.29) is 18.0 Å². The minimum Gasteiger partial charge on any atom is -0.375 e. The summed E-state index contributed by atoms with van der Waals surface area (Å²) < 4.78 is 1.60. The first kappa shape index (κ1) is 15.1. The summed E-state index contributed by atoms with van der Waals surface area (Å²) in [6.07, 6.45) is 0. The van der Waals surface area contributed by atoms with Crippen molar-refractivity contribution in [1.82, 2.24) is 9.47 Å². The number of likely N-dealkylation sites (N-methyl/N-ethyl adjacent to an activating group) is 1. The third kappa shape index (κ3) is 3.07. The Bertz CT molecular complexity index is 702. The number of hydrogen-bond acceptors (Lipinski definition) is 3. The number of anilines is 1. The molecule has 21 heavy (non-hydrogen) atoms. The number of carbonyl (C=O) groups is 1. The molecule has 112 valence electrons. The van der Waals surface area contributed by atoms with Crippen molar-refractivity contribution >= 4 is 22.5 Å². The Morgan fingerprint density at radius 2 is 1.90 bits per heavy atom. The van der Waals surface area contributed by atoms with Gasteiger partial charge in [0.1, 0.15) is 0 Å². The summed E-state index contributed by atoms with van der Waals surface area (Å²) in [4.78, 5) is 25.8. The molecule has 0 radical (unpaired) electrons. The molecule has 2 aromatic rings. The van der Waals surface area contributed by atoms with Gasteiger partial charge in [0, 0.05) is 37.3 Å². The molecule has 0 bridgehead atoms. The van der Waals surface area contributed by atoms with Crippen molar-refractivity contribution in [3.63, 3.8) is 0 Å². The molecule has 5 heteroatoms. The van der Waals surface area contributed by atoms with Crippen LogP contribution >= 0.6 is 0 Å². The standard InChI is InChI=1S/C16H21N3O2/c1-4-19(5-2)16(21)11-17-13-10-15(20)18(3)14-9-7-6-8-12(13)14/h6-10,17H,4-5,11H2,1-3H3. The number of nitrogens with one attached hydrogen (secondary N) is 1. The van der Waals surface area contributed by atoms with Crippen molar-refractivity contribution in [3.8, 4) is 0 Å². The van der Waals surface area contributed by atoms with Gasteiger partial charge in [-0.15, -0.1) is 0 Å². The normalized spacial score (nSPS) is 10.6. The van der Waals surface area contributed by atoms with Crippen molar-refractivity contribution in [3.05, 3.63) is 40.7 Å². The lowest BCUT2D eigenvalue weighted by atomic mass is 10.2. The van der Waals surface area contributed by atoms with Gasteiger partial charge in [0.2, 0.25) is 5.91 Å². The Morgan fingerprint density at radius 1 is 1.24 bits per heavy atom. The molecule has 0 aliphatic rings. The number of aryl methyl sites for hydroxylation is 1. The van der Waals surface area contributed by atoms with Gasteiger partial charge in [-0.2, -0.15) is 0 Å². The van der Waals surface area contributed by atoms with Gasteiger partial charge in [0.25, 0.3) is 5.56 Å². The van der Waals surface area contributed by atoms with Gasteiger partial charge >= 0.3 is 0 Å². The van der Waals surface area contributed by atoms with Crippen molar-refractivity contribution in [2.45, 2.75) is 13.8 Å². The third-order valence-corrected chi connectivity index (χ3v) is 3.70. The average molecular weight is 287 g/mol. The molecule has 0 saturated carbocycles. The van der Waals surface area contributed by atoms with Crippen LogP contribution in [0.4, 0.5) is 5.69 Å². The molecule has 0 saturated heterocycles. The second-order valence-corrected chi connectivity index (χ2v) is 4.89. The topological polar surface area (TPSA) is 54.3 Å². The van der Waals surface area contributed by atoms with E-state index in [0.717, 1.165) is 10.9 Å². The molecule has 0 aliphatic carbocycles. The Balaban J connectivity index is 2.29. The minimum atomic E-state index is -0.0912. The van der Waals surface area contributed by atoms with Crippen LogP contribution in [0.5, 0.6) is 0 Å². The van der Waals surface area contributed by atoms with Crippen LogP contribution < -0.4 is 10.9 Å². The van der Waals surface area contributed by atoms with Crippen molar-refractivity contribution in [2.75, 3.05) is 25.0 Å². The maximum atomic E-state index is 12.0. The second-order valence-electron chi connectivity index (χ2n) is 4.89. The van der Waals surface area contributed by atoms with Crippen LogP contribution in [0.25, 0.3) is 10.9 Å². The summed E-state index contributed by atoms with van der Waals surface area (Å²) in [5.41, 5.74) is 1.46. The Morgan fingerprint density at radius 3 is 2.57 bits per heavy atom. The first-order valence-electron chi connectivity index (χ1n) is 7.18. The molecule has 0 fully saturated rings. The molecular formula is C16H21N3O2. The number of hydrogen-bond donors (Lipinski definition) is 1. The maximum absolute atomic E-state index is 12.0. The second kappa shape index (κ2) is 6.43. The van der Waals surface area contributed by atoms with E-state index in [4.69, 9.17) is 0 Å². The van der Waals surface area contributed by atoms with Crippen LogP contribution in [0.15, 0.2) is 35.1 Å². The fourth-order valence-electron chi connectivity index (χ4n) is 2.42. The van der Waals surface area contributed by atoms with E-state index < -0.39 is 0 Å². The summed E-state index contributed by atoms with van der Waals surface area (Å²) in [7, 11) is 1.75.